The summed E-state index contributed by atoms with van der Waals surface area (Å²) >= 11 is 3.29. The number of benzene rings is 1. The van der Waals surface area contributed by atoms with Gasteiger partial charge in [-0.15, -0.1) is 0 Å². The molecular weight excluding hydrogens is 234 g/mol. The lowest BCUT2D eigenvalue weighted by Gasteiger charge is -1.93. The summed E-state index contributed by atoms with van der Waals surface area (Å²) in [7, 11) is 0. The highest BCUT2D eigenvalue weighted by molar-refractivity contribution is 9.10. The lowest BCUT2D eigenvalue weighted by Crippen LogP contribution is -1.85. The number of aldehydes is 1. The quantitative estimate of drug-likeness (QED) is 0.745. The van der Waals surface area contributed by atoms with Crippen molar-refractivity contribution >= 4 is 39.2 Å². The molecule has 0 saturated carbocycles. The fourth-order valence-electron chi connectivity index (χ4n) is 1.22. The second kappa shape index (κ2) is 2.85. The van der Waals surface area contributed by atoms with Crippen LogP contribution in [0.5, 0.6) is 0 Å². The van der Waals surface area contributed by atoms with Gasteiger partial charge < -0.3 is 10.7 Å². The van der Waals surface area contributed by atoms with E-state index in [1.54, 1.807) is 6.07 Å². The van der Waals surface area contributed by atoms with E-state index in [4.69, 9.17) is 5.73 Å². The van der Waals surface area contributed by atoms with E-state index in [2.05, 4.69) is 25.9 Å². The van der Waals surface area contributed by atoms with Crippen molar-refractivity contribution < 1.29 is 4.79 Å². The van der Waals surface area contributed by atoms with E-state index in [0.29, 0.717) is 17.0 Å². The number of anilines is 1. The molecule has 0 aliphatic rings. The molecule has 0 bridgehead atoms. The SMILES string of the molecule is Nc1nc2c(C=O)cc(Br)cc2[nH]1. The number of rotatable bonds is 1. The molecule has 1 heterocycles. The Morgan fingerprint density at radius 2 is 2.31 bits per heavy atom. The first kappa shape index (κ1) is 8.25. The standard InChI is InChI=1S/C8H6BrN3O/c9-5-1-4(3-13)7-6(2-5)11-8(10)12-7/h1-3H,(H3,10,11,12). The largest absolute Gasteiger partial charge is 0.369 e. The van der Waals surface area contributed by atoms with Crippen molar-refractivity contribution in [2.24, 2.45) is 0 Å². The number of carbonyl (C=O) groups excluding carboxylic acids is 1. The van der Waals surface area contributed by atoms with Gasteiger partial charge in [0.2, 0.25) is 0 Å². The van der Waals surface area contributed by atoms with Crippen molar-refractivity contribution in [3.63, 3.8) is 0 Å². The molecule has 4 nitrogen and oxygen atoms in total. The molecule has 1 aromatic heterocycles. The second-order valence-corrected chi connectivity index (χ2v) is 3.55. The minimum atomic E-state index is 0.316. The first-order chi connectivity index (χ1) is 6.20. The second-order valence-electron chi connectivity index (χ2n) is 2.63. The smallest absolute Gasteiger partial charge is 0.198 e. The summed E-state index contributed by atoms with van der Waals surface area (Å²) < 4.78 is 0.825. The van der Waals surface area contributed by atoms with E-state index in [-0.39, 0.29) is 0 Å². The van der Waals surface area contributed by atoms with E-state index in [1.165, 1.54) is 0 Å². The van der Waals surface area contributed by atoms with Crippen LogP contribution in [0.25, 0.3) is 11.0 Å². The molecule has 13 heavy (non-hydrogen) atoms. The molecule has 0 radical (unpaired) electrons. The summed E-state index contributed by atoms with van der Waals surface area (Å²) in [6.45, 7) is 0. The van der Waals surface area contributed by atoms with Crippen molar-refractivity contribution in [3.8, 4) is 0 Å². The molecule has 1 aromatic carbocycles. The maximum Gasteiger partial charge on any atom is 0.198 e. The molecule has 0 aliphatic carbocycles. The molecule has 0 unspecified atom stereocenters. The van der Waals surface area contributed by atoms with Gasteiger partial charge in [0, 0.05) is 10.0 Å². The zero-order valence-corrected chi connectivity index (χ0v) is 8.13. The lowest BCUT2D eigenvalue weighted by molar-refractivity contribution is 0.112. The summed E-state index contributed by atoms with van der Waals surface area (Å²) in [6.07, 6.45) is 0.757. The van der Waals surface area contributed by atoms with Crippen LogP contribution in [0.1, 0.15) is 10.4 Å². The van der Waals surface area contributed by atoms with E-state index in [9.17, 15) is 4.79 Å². The maximum atomic E-state index is 10.7. The topological polar surface area (TPSA) is 71.8 Å². The Labute approximate surface area is 82.3 Å². The Hall–Kier alpha value is -1.36. The number of aromatic amines is 1. The van der Waals surface area contributed by atoms with Crippen molar-refractivity contribution in [2.45, 2.75) is 0 Å². The van der Waals surface area contributed by atoms with Gasteiger partial charge in [-0.05, 0) is 12.1 Å². The highest BCUT2D eigenvalue weighted by atomic mass is 79.9. The molecule has 66 valence electrons. The van der Waals surface area contributed by atoms with Gasteiger partial charge in [-0.3, -0.25) is 4.79 Å². The number of halogens is 1. The Morgan fingerprint density at radius 1 is 1.54 bits per heavy atom. The van der Waals surface area contributed by atoms with Crippen LogP contribution in [0, 0.1) is 0 Å². The van der Waals surface area contributed by atoms with Crippen LogP contribution in [0.4, 0.5) is 5.95 Å². The monoisotopic (exact) mass is 239 g/mol. The average molecular weight is 240 g/mol. The normalized spacial score (nSPS) is 10.5. The molecule has 0 amide bonds. The zero-order chi connectivity index (χ0) is 9.42. The van der Waals surface area contributed by atoms with E-state index in [1.807, 2.05) is 6.07 Å². The average Bonchev–Trinajstić information content (AvgIpc) is 2.43. The van der Waals surface area contributed by atoms with Crippen LogP contribution in [-0.2, 0) is 0 Å². The van der Waals surface area contributed by atoms with Crippen LogP contribution in [0.3, 0.4) is 0 Å². The van der Waals surface area contributed by atoms with Crippen molar-refractivity contribution in [3.05, 3.63) is 22.2 Å². The minimum Gasteiger partial charge on any atom is -0.369 e. The van der Waals surface area contributed by atoms with Gasteiger partial charge >= 0.3 is 0 Å². The Bertz CT molecular complexity index is 477. The Morgan fingerprint density at radius 3 is 3.00 bits per heavy atom. The van der Waals surface area contributed by atoms with Gasteiger partial charge in [-0.1, -0.05) is 15.9 Å². The number of fused-ring (bicyclic) bond motifs is 1. The molecule has 2 rings (SSSR count). The molecule has 3 N–H and O–H groups in total. The van der Waals surface area contributed by atoms with Crippen LogP contribution >= 0.6 is 15.9 Å². The van der Waals surface area contributed by atoms with E-state index in [0.717, 1.165) is 16.3 Å². The molecule has 0 fully saturated rings. The molecule has 5 heteroatoms. The first-order valence-electron chi connectivity index (χ1n) is 3.60. The number of nitrogen functional groups attached to an aromatic ring is 1. The van der Waals surface area contributed by atoms with Gasteiger partial charge in [0.25, 0.3) is 0 Å². The highest BCUT2D eigenvalue weighted by Gasteiger charge is 2.06. The van der Waals surface area contributed by atoms with Crippen LogP contribution in [-0.4, -0.2) is 16.3 Å². The van der Waals surface area contributed by atoms with Gasteiger partial charge in [0.15, 0.2) is 12.2 Å². The highest BCUT2D eigenvalue weighted by Crippen LogP contribution is 2.21. The van der Waals surface area contributed by atoms with Gasteiger partial charge in [0.1, 0.15) is 5.52 Å². The fourth-order valence-corrected chi connectivity index (χ4v) is 1.69. The third kappa shape index (κ3) is 1.31. The molecule has 2 aromatic rings. The van der Waals surface area contributed by atoms with E-state index < -0.39 is 0 Å². The van der Waals surface area contributed by atoms with Gasteiger partial charge in [0.05, 0.1) is 5.52 Å². The number of H-pyrrole nitrogens is 1. The van der Waals surface area contributed by atoms with Gasteiger partial charge in [-0.25, -0.2) is 4.98 Å². The molecule has 0 saturated heterocycles. The fraction of sp³-hybridized carbons (Fsp3) is 0. The number of nitrogens with zero attached hydrogens (tertiary/aromatic N) is 1. The summed E-state index contributed by atoms with van der Waals surface area (Å²) in [6, 6.07) is 3.53. The Balaban J connectivity index is 2.88. The summed E-state index contributed by atoms with van der Waals surface area (Å²) in [4.78, 5) is 17.5. The number of hydrogen-bond acceptors (Lipinski definition) is 3. The summed E-state index contributed by atoms with van der Waals surface area (Å²) in [5, 5.41) is 0. The predicted molar refractivity (Wildman–Crippen MR) is 53.6 cm³/mol. The summed E-state index contributed by atoms with van der Waals surface area (Å²) in [5.41, 5.74) is 7.36. The number of nitrogens with one attached hydrogen (secondary N) is 1. The zero-order valence-electron chi connectivity index (χ0n) is 6.54. The van der Waals surface area contributed by atoms with Crippen molar-refractivity contribution in [1.82, 2.24) is 9.97 Å². The number of carbonyl (C=O) groups is 1. The van der Waals surface area contributed by atoms with Crippen molar-refractivity contribution in [2.75, 3.05) is 5.73 Å². The number of imidazole rings is 1. The van der Waals surface area contributed by atoms with Crippen LogP contribution in [0.15, 0.2) is 16.6 Å². The molecule has 0 atom stereocenters. The van der Waals surface area contributed by atoms with Crippen LogP contribution in [0.2, 0.25) is 0 Å². The molecule has 0 aliphatic heterocycles. The lowest BCUT2D eigenvalue weighted by atomic mass is 10.2. The number of aromatic nitrogens is 2. The predicted octanol–water partition coefficient (Wildman–Crippen LogP) is 1.72. The Kier molecular flexibility index (Phi) is 1.81. The van der Waals surface area contributed by atoms with Gasteiger partial charge in [-0.2, -0.15) is 0 Å². The maximum absolute atomic E-state index is 10.7. The van der Waals surface area contributed by atoms with Crippen molar-refractivity contribution in [1.29, 1.82) is 0 Å². The molecule has 0 spiro atoms. The summed E-state index contributed by atoms with van der Waals surface area (Å²) in [5.74, 6) is 0.316. The number of nitrogens with two attached hydrogens (primary N) is 1. The first-order valence-corrected chi connectivity index (χ1v) is 4.40. The van der Waals surface area contributed by atoms with Crippen LogP contribution < -0.4 is 5.73 Å². The minimum absolute atomic E-state index is 0.316. The number of hydrogen-bond donors (Lipinski definition) is 2. The molecular formula is C8H6BrN3O. The van der Waals surface area contributed by atoms with E-state index >= 15 is 0 Å². The third-order valence-electron chi connectivity index (χ3n) is 1.73. The third-order valence-corrected chi connectivity index (χ3v) is 2.18.